The van der Waals surface area contributed by atoms with E-state index in [0.717, 1.165) is 37.7 Å². The third kappa shape index (κ3) is 6.39. The van der Waals surface area contributed by atoms with Gasteiger partial charge in [-0.3, -0.25) is 9.59 Å². The molecular weight excluding hydrogens is 383 g/mol. The zero-order valence-corrected chi connectivity index (χ0v) is 17.8. The second-order valence-electron chi connectivity index (χ2n) is 7.27. The molecule has 0 aliphatic heterocycles. The first-order valence-electron chi connectivity index (χ1n) is 10.00. The molecular formula is C21H30Cl2N2O2. The number of halogens is 2. The summed E-state index contributed by atoms with van der Waals surface area (Å²) in [6.45, 7) is 4.22. The molecule has 1 saturated carbocycles. The minimum Gasteiger partial charge on any atom is -0.352 e. The highest BCUT2D eigenvalue weighted by molar-refractivity contribution is 6.35. The van der Waals surface area contributed by atoms with E-state index in [2.05, 4.69) is 5.32 Å². The Kier molecular flexibility index (Phi) is 8.91. The van der Waals surface area contributed by atoms with Crippen molar-refractivity contribution in [1.82, 2.24) is 10.2 Å². The Morgan fingerprint density at radius 1 is 1.19 bits per heavy atom. The van der Waals surface area contributed by atoms with Gasteiger partial charge < -0.3 is 10.2 Å². The molecule has 2 amide bonds. The lowest BCUT2D eigenvalue weighted by molar-refractivity contribution is -0.141. The number of nitrogens with zero attached hydrogens (tertiary/aromatic N) is 1. The van der Waals surface area contributed by atoms with E-state index >= 15 is 0 Å². The van der Waals surface area contributed by atoms with E-state index in [0.29, 0.717) is 29.4 Å². The third-order valence-corrected chi connectivity index (χ3v) is 5.74. The molecule has 1 N–H and O–H groups in total. The van der Waals surface area contributed by atoms with Crippen LogP contribution in [0.25, 0.3) is 0 Å². The average Bonchev–Trinajstić information content (AvgIpc) is 2.64. The van der Waals surface area contributed by atoms with Crippen LogP contribution in [0.3, 0.4) is 0 Å². The summed E-state index contributed by atoms with van der Waals surface area (Å²) in [5.74, 6) is -0.0758. The monoisotopic (exact) mass is 412 g/mol. The Hall–Kier alpha value is -1.26. The minimum atomic E-state index is -0.488. The van der Waals surface area contributed by atoms with Crippen LogP contribution < -0.4 is 5.32 Å². The van der Waals surface area contributed by atoms with Gasteiger partial charge in [0.1, 0.15) is 6.04 Å². The van der Waals surface area contributed by atoms with Gasteiger partial charge in [0.2, 0.25) is 11.8 Å². The maximum atomic E-state index is 13.0. The molecule has 1 aliphatic rings. The Morgan fingerprint density at radius 3 is 2.48 bits per heavy atom. The van der Waals surface area contributed by atoms with Gasteiger partial charge in [0.05, 0.1) is 0 Å². The fourth-order valence-corrected chi connectivity index (χ4v) is 4.12. The molecule has 1 aliphatic carbocycles. The number of carbonyl (C=O) groups is 2. The van der Waals surface area contributed by atoms with Gasteiger partial charge in [-0.25, -0.2) is 0 Å². The summed E-state index contributed by atoms with van der Waals surface area (Å²) in [6.07, 6.45) is 7.31. The highest BCUT2D eigenvalue weighted by Crippen LogP contribution is 2.24. The molecule has 0 saturated heterocycles. The number of benzene rings is 1. The lowest BCUT2D eigenvalue weighted by Crippen LogP contribution is -2.51. The van der Waals surface area contributed by atoms with Crippen LogP contribution in [0.1, 0.15) is 70.8 Å². The SMILES string of the molecule is CCCC(=O)N(Cc1ccc(Cl)cc1Cl)[C@H](CC)C(=O)NC1CCCCC1. The van der Waals surface area contributed by atoms with Crippen LogP contribution in [0, 0.1) is 0 Å². The van der Waals surface area contributed by atoms with Crippen molar-refractivity contribution in [2.45, 2.75) is 83.8 Å². The van der Waals surface area contributed by atoms with Crippen LogP contribution in [-0.2, 0) is 16.1 Å². The van der Waals surface area contributed by atoms with Gasteiger partial charge in [-0.15, -0.1) is 0 Å². The number of nitrogens with one attached hydrogen (secondary N) is 1. The summed E-state index contributed by atoms with van der Waals surface area (Å²) in [5, 5.41) is 4.24. The fraction of sp³-hybridized carbons (Fsp3) is 0.619. The first-order valence-corrected chi connectivity index (χ1v) is 10.8. The molecule has 0 unspecified atom stereocenters. The summed E-state index contributed by atoms with van der Waals surface area (Å²) in [4.78, 5) is 27.4. The highest BCUT2D eigenvalue weighted by Gasteiger charge is 2.30. The molecule has 1 fully saturated rings. The Morgan fingerprint density at radius 2 is 1.89 bits per heavy atom. The summed E-state index contributed by atoms with van der Waals surface area (Å²) in [7, 11) is 0. The van der Waals surface area contributed by atoms with Crippen molar-refractivity contribution in [2.24, 2.45) is 0 Å². The Labute approximate surface area is 172 Å². The van der Waals surface area contributed by atoms with E-state index in [-0.39, 0.29) is 17.9 Å². The van der Waals surface area contributed by atoms with Crippen molar-refractivity contribution < 1.29 is 9.59 Å². The molecule has 0 heterocycles. The molecule has 1 aromatic rings. The smallest absolute Gasteiger partial charge is 0.243 e. The summed E-state index contributed by atoms with van der Waals surface area (Å²) >= 11 is 12.3. The van der Waals surface area contributed by atoms with Crippen LogP contribution in [0.5, 0.6) is 0 Å². The average molecular weight is 413 g/mol. The Balaban J connectivity index is 2.18. The molecule has 0 spiro atoms. The lowest BCUT2D eigenvalue weighted by atomic mass is 9.95. The van der Waals surface area contributed by atoms with Gasteiger partial charge in [-0.2, -0.15) is 0 Å². The number of rotatable bonds is 8. The predicted molar refractivity (Wildman–Crippen MR) is 111 cm³/mol. The summed E-state index contributed by atoms with van der Waals surface area (Å²) in [6, 6.07) is 4.99. The minimum absolute atomic E-state index is 0.0193. The van der Waals surface area contributed by atoms with Crippen LogP contribution in [-0.4, -0.2) is 28.8 Å². The lowest BCUT2D eigenvalue weighted by Gasteiger charge is -2.33. The van der Waals surface area contributed by atoms with Gasteiger partial charge >= 0.3 is 0 Å². The second kappa shape index (κ2) is 10.9. The molecule has 2 rings (SSSR count). The van der Waals surface area contributed by atoms with Gasteiger partial charge in [0.25, 0.3) is 0 Å². The molecule has 27 heavy (non-hydrogen) atoms. The first kappa shape index (κ1) is 22.0. The van der Waals surface area contributed by atoms with Crippen molar-refractivity contribution in [1.29, 1.82) is 0 Å². The predicted octanol–water partition coefficient (Wildman–Crippen LogP) is 5.35. The van der Waals surface area contributed by atoms with Crippen LogP contribution in [0.4, 0.5) is 0 Å². The first-order chi connectivity index (χ1) is 13.0. The van der Waals surface area contributed by atoms with Crippen molar-refractivity contribution in [3.8, 4) is 0 Å². The largest absolute Gasteiger partial charge is 0.352 e. The van der Waals surface area contributed by atoms with Crippen LogP contribution >= 0.6 is 23.2 Å². The van der Waals surface area contributed by atoms with E-state index in [1.807, 2.05) is 19.9 Å². The molecule has 150 valence electrons. The van der Waals surface area contributed by atoms with Gasteiger partial charge in [-0.05, 0) is 43.4 Å². The van der Waals surface area contributed by atoms with Crippen molar-refractivity contribution in [3.63, 3.8) is 0 Å². The molecule has 0 bridgehead atoms. The van der Waals surface area contributed by atoms with Crippen LogP contribution in [0.2, 0.25) is 10.0 Å². The summed E-state index contributed by atoms with van der Waals surface area (Å²) in [5.41, 5.74) is 0.800. The molecule has 4 nitrogen and oxygen atoms in total. The molecule has 6 heteroatoms. The number of amides is 2. The molecule has 1 aromatic carbocycles. The quantitative estimate of drug-likeness (QED) is 0.625. The standard InChI is InChI=1S/C21H30Cl2N2O2/c1-3-8-20(26)25(14-15-11-12-16(22)13-18(15)23)19(4-2)21(27)24-17-9-6-5-7-10-17/h11-13,17,19H,3-10,14H2,1-2H3,(H,24,27)/t19-/m1/s1. The normalized spacial score (nSPS) is 16.0. The topological polar surface area (TPSA) is 49.4 Å². The Bertz CT molecular complexity index is 645. The number of carbonyl (C=O) groups excluding carboxylic acids is 2. The van der Waals surface area contributed by atoms with Gasteiger partial charge in [0.15, 0.2) is 0 Å². The zero-order valence-electron chi connectivity index (χ0n) is 16.3. The number of hydrogen-bond donors (Lipinski definition) is 1. The molecule has 0 radical (unpaired) electrons. The maximum Gasteiger partial charge on any atom is 0.243 e. The van der Waals surface area contributed by atoms with Crippen molar-refractivity contribution in [3.05, 3.63) is 33.8 Å². The fourth-order valence-electron chi connectivity index (χ4n) is 3.65. The van der Waals surface area contributed by atoms with E-state index < -0.39 is 6.04 Å². The van der Waals surface area contributed by atoms with Gasteiger partial charge in [-0.1, -0.05) is 62.4 Å². The van der Waals surface area contributed by atoms with E-state index in [1.165, 1.54) is 6.42 Å². The van der Waals surface area contributed by atoms with E-state index in [1.54, 1.807) is 17.0 Å². The highest BCUT2D eigenvalue weighted by atomic mass is 35.5. The van der Waals surface area contributed by atoms with Crippen LogP contribution in [0.15, 0.2) is 18.2 Å². The third-order valence-electron chi connectivity index (χ3n) is 5.16. The van der Waals surface area contributed by atoms with E-state index in [4.69, 9.17) is 23.2 Å². The second-order valence-corrected chi connectivity index (χ2v) is 8.12. The maximum absolute atomic E-state index is 13.0. The van der Waals surface area contributed by atoms with E-state index in [9.17, 15) is 9.59 Å². The van der Waals surface area contributed by atoms with Crippen molar-refractivity contribution in [2.75, 3.05) is 0 Å². The van der Waals surface area contributed by atoms with Crippen molar-refractivity contribution >= 4 is 35.0 Å². The van der Waals surface area contributed by atoms with Gasteiger partial charge in [0, 0.05) is 29.1 Å². The zero-order chi connectivity index (χ0) is 19.8. The molecule has 0 aromatic heterocycles. The number of hydrogen-bond acceptors (Lipinski definition) is 2. The molecule has 1 atom stereocenters. The summed E-state index contributed by atoms with van der Waals surface area (Å²) < 4.78 is 0.